The second kappa shape index (κ2) is 7.03. The number of rotatable bonds is 3. The first-order valence-electron chi connectivity index (χ1n) is 7.80. The molecular weight excluding hydrogens is 342 g/mol. The van der Waals surface area contributed by atoms with E-state index in [1.807, 2.05) is 12.1 Å². The van der Waals surface area contributed by atoms with Gasteiger partial charge in [0.2, 0.25) is 5.91 Å². The molecule has 1 heterocycles. The first-order valence-corrected chi connectivity index (χ1v) is 8.18. The van der Waals surface area contributed by atoms with Gasteiger partial charge in [-0.25, -0.2) is 4.79 Å². The molecule has 3 rings (SSSR count). The second-order valence-corrected chi connectivity index (χ2v) is 6.12. The smallest absolute Gasteiger partial charge is 0.323 e. The number of hydrogen-bond acceptors (Lipinski definition) is 3. The van der Waals surface area contributed by atoms with Crippen molar-refractivity contribution in [3.8, 4) is 5.75 Å². The van der Waals surface area contributed by atoms with Crippen LogP contribution in [-0.2, 0) is 11.2 Å². The highest BCUT2D eigenvalue weighted by atomic mass is 35.5. The Morgan fingerprint density at radius 1 is 1.16 bits per heavy atom. The fourth-order valence-corrected chi connectivity index (χ4v) is 3.02. The molecule has 0 spiro atoms. The number of hydrogen-bond donors (Lipinski definition) is 2. The molecule has 25 heavy (non-hydrogen) atoms. The van der Waals surface area contributed by atoms with Crippen LogP contribution < -0.4 is 20.3 Å². The first-order chi connectivity index (χ1) is 12.0. The molecule has 2 aromatic rings. The Morgan fingerprint density at radius 3 is 2.68 bits per heavy atom. The van der Waals surface area contributed by atoms with Crippen molar-refractivity contribution in [2.75, 3.05) is 29.2 Å². The molecule has 0 saturated heterocycles. The lowest BCUT2D eigenvalue weighted by atomic mass is 10.1. The third-order valence-corrected chi connectivity index (χ3v) is 4.26. The van der Waals surface area contributed by atoms with Gasteiger partial charge < -0.3 is 20.3 Å². The van der Waals surface area contributed by atoms with Crippen LogP contribution >= 0.6 is 11.6 Å². The standard InChI is InChI=1S/C18H18ClN3O3/c1-11(23)22-8-7-12-3-5-14(10-16(12)22)20-18(24)21-15-9-13(19)4-6-17(15)25-2/h3-6,9-10H,7-8H2,1-2H3,(H2,20,21,24). The zero-order valence-corrected chi connectivity index (χ0v) is 14.7. The van der Waals surface area contributed by atoms with Crippen LogP contribution in [0.15, 0.2) is 36.4 Å². The van der Waals surface area contributed by atoms with Crippen LogP contribution in [-0.4, -0.2) is 25.6 Å². The largest absolute Gasteiger partial charge is 0.495 e. The fourth-order valence-electron chi connectivity index (χ4n) is 2.85. The minimum atomic E-state index is -0.423. The number of methoxy groups -OCH3 is 1. The average molecular weight is 360 g/mol. The molecule has 7 heteroatoms. The van der Waals surface area contributed by atoms with Gasteiger partial charge in [0.05, 0.1) is 12.8 Å². The number of amides is 3. The summed E-state index contributed by atoms with van der Waals surface area (Å²) in [5, 5.41) is 5.97. The Morgan fingerprint density at radius 2 is 1.96 bits per heavy atom. The third-order valence-electron chi connectivity index (χ3n) is 4.03. The summed E-state index contributed by atoms with van der Waals surface area (Å²) in [7, 11) is 1.52. The number of urea groups is 1. The van der Waals surface area contributed by atoms with E-state index in [2.05, 4.69) is 10.6 Å². The predicted octanol–water partition coefficient (Wildman–Crippen LogP) is 3.90. The topological polar surface area (TPSA) is 70.7 Å². The number of fused-ring (bicyclic) bond motifs is 1. The maximum absolute atomic E-state index is 12.3. The van der Waals surface area contributed by atoms with Gasteiger partial charge >= 0.3 is 6.03 Å². The van der Waals surface area contributed by atoms with Gasteiger partial charge in [0, 0.05) is 29.9 Å². The molecule has 6 nitrogen and oxygen atoms in total. The molecule has 3 amide bonds. The van der Waals surface area contributed by atoms with Crippen molar-refractivity contribution < 1.29 is 14.3 Å². The Balaban J connectivity index is 1.75. The molecule has 1 aliphatic rings. The van der Waals surface area contributed by atoms with Crippen molar-refractivity contribution in [3.63, 3.8) is 0 Å². The Labute approximate surface area is 150 Å². The van der Waals surface area contributed by atoms with E-state index in [1.54, 1.807) is 29.2 Å². The highest BCUT2D eigenvalue weighted by Crippen LogP contribution is 2.31. The lowest BCUT2D eigenvalue weighted by Gasteiger charge is -2.16. The number of nitrogens with zero attached hydrogens (tertiary/aromatic N) is 1. The molecule has 0 unspecified atom stereocenters. The number of nitrogens with one attached hydrogen (secondary N) is 2. The Kier molecular flexibility index (Phi) is 4.81. The number of carbonyl (C=O) groups excluding carboxylic acids is 2. The number of anilines is 3. The van der Waals surface area contributed by atoms with Gasteiger partial charge in [0.15, 0.2) is 0 Å². The zero-order chi connectivity index (χ0) is 18.0. The van der Waals surface area contributed by atoms with Crippen molar-refractivity contribution in [2.45, 2.75) is 13.3 Å². The summed E-state index contributed by atoms with van der Waals surface area (Å²) in [6.45, 7) is 2.20. The molecule has 0 radical (unpaired) electrons. The molecule has 2 N–H and O–H groups in total. The summed E-state index contributed by atoms with van der Waals surface area (Å²) in [6, 6.07) is 10.1. The highest BCUT2D eigenvalue weighted by Gasteiger charge is 2.22. The van der Waals surface area contributed by atoms with Crippen LogP contribution in [0.5, 0.6) is 5.75 Å². The monoisotopic (exact) mass is 359 g/mol. The van der Waals surface area contributed by atoms with E-state index in [-0.39, 0.29) is 5.91 Å². The van der Waals surface area contributed by atoms with E-state index in [0.717, 1.165) is 17.7 Å². The molecule has 130 valence electrons. The summed E-state index contributed by atoms with van der Waals surface area (Å²) in [4.78, 5) is 25.7. The number of halogens is 1. The lowest BCUT2D eigenvalue weighted by Crippen LogP contribution is -2.26. The summed E-state index contributed by atoms with van der Waals surface area (Å²) >= 11 is 5.96. The van der Waals surface area contributed by atoms with E-state index < -0.39 is 6.03 Å². The maximum Gasteiger partial charge on any atom is 0.323 e. The maximum atomic E-state index is 12.3. The van der Waals surface area contributed by atoms with Gasteiger partial charge in [0.25, 0.3) is 0 Å². The van der Waals surface area contributed by atoms with Crippen LogP contribution in [0.1, 0.15) is 12.5 Å². The summed E-state index contributed by atoms with van der Waals surface area (Å²) < 4.78 is 5.21. The van der Waals surface area contributed by atoms with Gasteiger partial charge in [-0.1, -0.05) is 17.7 Å². The van der Waals surface area contributed by atoms with Crippen molar-refractivity contribution in [1.29, 1.82) is 0 Å². The molecule has 0 aliphatic carbocycles. The second-order valence-electron chi connectivity index (χ2n) is 5.69. The fraction of sp³-hybridized carbons (Fsp3) is 0.222. The number of carbonyl (C=O) groups is 2. The van der Waals surface area contributed by atoms with Crippen molar-refractivity contribution in [2.24, 2.45) is 0 Å². The molecule has 0 aromatic heterocycles. The van der Waals surface area contributed by atoms with Crippen LogP contribution in [0.2, 0.25) is 5.02 Å². The molecule has 0 fully saturated rings. The molecule has 1 aliphatic heterocycles. The Hall–Kier alpha value is -2.73. The van der Waals surface area contributed by atoms with Crippen molar-refractivity contribution in [1.82, 2.24) is 0 Å². The summed E-state index contributed by atoms with van der Waals surface area (Å²) in [5.41, 5.74) is 3.01. The van der Waals surface area contributed by atoms with Gasteiger partial charge in [-0.05, 0) is 42.3 Å². The third kappa shape index (κ3) is 3.69. The van der Waals surface area contributed by atoms with Gasteiger partial charge in [-0.2, -0.15) is 0 Å². The van der Waals surface area contributed by atoms with Gasteiger partial charge in [0.1, 0.15) is 5.75 Å². The summed E-state index contributed by atoms with van der Waals surface area (Å²) in [5.74, 6) is 0.500. The van der Waals surface area contributed by atoms with Crippen LogP contribution in [0.4, 0.5) is 21.9 Å². The zero-order valence-electron chi connectivity index (χ0n) is 13.9. The first kappa shape index (κ1) is 17.1. The van der Waals surface area contributed by atoms with E-state index in [4.69, 9.17) is 16.3 Å². The minimum absolute atomic E-state index is 0.0102. The number of ether oxygens (including phenoxy) is 1. The number of benzene rings is 2. The van der Waals surface area contributed by atoms with E-state index >= 15 is 0 Å². The summed E-state index contributed by atoms with van der Waals surface area (Å²) in [6.07, 6.45) is 0.821. The molecule has 2 aromatic carbocycles. The van der Waals surface area contributed by atoms with Crippen molar-refractivity contribution in [3.05, 3.63) is 47.0 Å². The highest BCUT2D eigenvalue weighted by molar-refractivity contribution is 6.31. The SMILES string of the molecule is COc1ccc(Cl)cc1NC(=O)Nc1ccc2c(c1)N(C(C)=O)CC2. The van der Waals surface area contributed by atoms with Gasteiger partial charge in [-0.3, -0.25) is 4.79 Å². The van der Waals surface area contributed by atoms with Gasteiger partial charge in [-0.15, -0.1) is 0 Å². The molecule has 0 saturated carbocycles. The van der Waals surface area contributed by atoms with E-state index in [1.165, 1.54) is 14.0 Å². The average Bonchev–Trinajstić information content (AvgIpc) is 2.98. The van der Waals surface area contributed by atoms with Crippen molar-refractivity contribution >= 4 is 40.6 Å². The van der Waals surface area contributed by atoms with Crippen LogP contribution in [0.3, 0.4) is 0 Å². The van der Waals surface area contributed by atoms with Crippen LogP contribution in [0, 0.1) is 0 Å². The lowest BCUT2D eigenvalue weighted by molar-refractivity contribution is -0.116. The van der Waals surface area contributed by atoms with E-state index in [9.17, 15) is 9.59 Å². The Bertz CT molecular complexity index is 838. The quantitative estimate of drug-likeness (QED) is 0.873. The predicted molar refractivity (Wildman–Crippen MR) is 98.8 cm³/mol. The molecule has 0 bridgehead atoms. The van der Waals surface area contributed by atoms with Crippen LogP contribution in [0.25, 0.3) is 0 Å². The minimum Gasteiger partial charge on any atom is -0.495 e. The van der Waals surface area contributed by atoms with E-state index in [0.29, 0.717) is 28.7 Å². The molecule has 0 atom stereocenters. The molecular formula is C18H18ClN3O3. The normalized spacial score (nSPS) is 12.5.